The fraction of sp³-hybridized carbons (Fsp3) is 0.500. The Kier molecular flexibility index (Phi) is 4.82. The van der Waals surface area contributed by atoms with Crippen molar-refractivity contribution < 1.29 is 4.79 Å². The van der Waals surface area contributed by atoms with E-state index >= 15 is 0 Å². The van der Waals surface area contributed by atoms with Crippen molar-refractivity contribution >= 4 is 21.8 Å². The molecule has 0 fully saturated rings. The number of rotatable bonds is 5. The van der Waals surface area contributed by atoms with Crippen molar-refractivity contribution in [2.75, 3.05) is 0 Å². The van der Waals surface area contributed by atoms with E-state index in [4.69, 9.17) is 0 Å². The lowest BCUT2D eigenvalue weighted by molar-refractivity contribution is 0.0948. The van der Waals surface area contributed by atoms with Gasteiger partial charge in [-0.2, -0.15) is 10.2 Å². The van der Waals surface area contributed by atoms with Crippen LogP contribution >= 0.6 is 15.9 Å². The molecule has 2 aromatic heterocycles. The van der Waals surface area contributed by atoms with Gasteiger partial charge < -0.3 is 5.32 Å². The van der Waals surface area contributed by atoms with Crippen molar-refractivity contribution in [3.63, 3.8) is 0 Å². The molecule has 0 atom stereocenters. The highest BCUT2D eigenvalue weighted by Gasteiger charge is 2.18. The molecule has 0 aromatic carbocycles. The molecule has 0 bridgehead atoms. The van der Waals surface area contributed by atoms with E-state index in [-0.39, 0.29) is 5.91 Å². The molecule has 0 unspecified atom stereocenters. The van der Waals surface area contributed by atoms with Crippen molar-refractivity contribution in [3.8, 4) is 0 Å². The number of hydrogen-bond acceptors (Lipinski definition) is 3. The zero-order chi connectivity index (χ0) is 15.6. The minimum absolute atomic E-state index is 0.0968. The summed E-state index contributed by atoms with van der Waals surface area (Å²) >= 11 is 3.46. The van der Waals surface area contributed by atoms with Crippen LogP contribution in [0.5, 0.6) is 0 Å². The van der Waals surface area contributed by atoms with Gasteiger partial charge in [0, 0.05) is 18.8 Å². The van der Waals surface area contributed by atoms with Gasteiger partial charge >= 0.3 is 0 Å². The number of hydrogen-bond donors (Lipinski definition) is 1. The van der Waals surface area contributed by atoms with Gasteiger partial charge in [-0.15, -0.1) is 0 Å². The number of carbonyl (C=O) groups is 1. The highest BCUT2D eigenvalue weighted by molar-refractivity contribution is 9.10. The minimum Gasteiger partial charge on any atom is -0.346 e. The van der Waals surface area contributed by atoms with Crippen LogP contribution in [0.2, 0.25) is 0 Å². The summed E-state index contributed by atoms with van der Waals surface area (Å²) in [5.41, 5.74) is 3.28. The van der Waals surface area contributed by atoms with Gasteiger partial charge in [0.2, 0.25) is 0 Å². The van der Waals surface area contributed by atoms with Gasteiger partial charge in [-0.05, 0) is 43.6 Å². The van der Waals surface area contributed by atoms with Crippen LogP contribution in [-0.4, -0.2) is 25.5 Å². The van der Waals surface area contributed by atoms with Crippen LogP contribution < -0.4 is 5.32 Å². The first kappa shape index (κ1) is 15.8. The van der Waals surface area contributed by atoms with Crippen LogP contribution in [0.15, 0.2) is 10.7 Å². The van der Waals surface area contributed by atoms with E-state index < -0.39 is 0 Å². The van der Waals surface area contributed by atoms with E-state index in [0.717, 1.165) is 34.6 Å². The Bertz CT molecular complexity index is 659. The quantitative estimate of drug-likeness (QED) is 0.897. The molecule has 21 heavy (non-hydrogen) atoms. The van der Waals surface area contributed by atoms with E-state index in [2.05, 4.69) is 31.4 Å². The van der Waals surface area contributed by atoms with Crippen LogP contribution in [0.3, 0.4) is 0 Å². The summed E-state index contributed by atoms with van der Waals surface area (Å²) in [5, 5.41) is 11.6. The first-order valence-electron chi connectivity index (χ1n) is 7.01. The van der Waals surface area contributed by atoms with Crippen molar-refractivity contribution in [2.24, 2.45) is 0 Å². The lowest BCUT2D eigenvalue weighted by Crippen LogP contribution is -2.25. The second-order valence-corrected chi connectivity index (χ2v) is 5.65. The van der Waals surface area contributed by atoms with Gasteiger partial charge in [-0.25, -0.2) is 0 Å². The Morgan fingerprint density at radius 1 is 1.29 bits per heavy atom. The maximum absolute atomic E-state index is 12.4. The molecular formula is C14H20BrN5O. The normalized spacial score (nSPS) is 10.9. The molecule has 6 nitrogen and oxygen atoms in total. The van der Waals surface area contributed by atoms with Gasteiger partial charge in [0.05, 0.1) is 34.2 Å². The van der Waals surface area contributed by atoms with Crippen molar-refractivity contribution in [2.45, 2.75) is 47.3 Å². The number of aromatic nitrogens is 4. The predicted molar refractivity (Wildman–Crippen MR) is 84.1 cm³/mol. The third kappa shape index (κ3) is 3.02. The first-order valence-corrected chi connectivity index (χ1v) is 7.81. The summed E-state index contributed by atoms with van der Waals surface area (Å²) in [5.74, 6) is -0.0968. The van der Waals surface area contributed by atoms with E-state index in [1.54, 1.807) is 6.20 Å². The van der Waals surface area contributed by atoms with Gasteiger partial charge in [0.1, 0.15) is 0 Å². The van der Waals surface area contributed by atoms with E-state index in [1.165, 1.54) is 0 Å². The fourth-order valence-electron chi connectivity index (χ4n) is 2.42. The second-order valence-electron chi connectivity index (χ2n) is 4.80. The maximum Gasteiger partial charge on any atom is 0.255 e. The topological polar surface area (TPSA) is 64.7 Å². The molecule has 2 heterocycles. The molecular weight excluding hydrogens is 334 g/mol. The summed E-state index contributed by atoms with van der Waals surface area (Å²) in [7, 11) is 0. The van der Waals surface area contributed by atoms with Crippen molar-refractivity contribution in [1.82, 2.24) is 24.9 Å². The van der Waals surface area contributed by atoms with Crippen molar-refractivity contribution in [1.29, 1.82) is 0 Å². The average molecular weight is 354 g/mol. The number of halogens is 1. The maximum atomic E-state index is 12.4. The Morgan fingerprint density at radius 3 is 2.52 bits per heavy atom. The Balaban J connectivity index is 2.16. The predicted octanol–water partition coefficient (Wildman–Crippen LogP) is 2.43. The number of amides is 1. The molecule has 2 rings (SSSR count). The molecule has 7 heteroatoms. The molecule has 2 aromatic rings. The largest absolute Gasteiger partial charge is 0.346 e. The van der Waals surface area contributed by atoms with Gasteiger partial charge in [0.25, 0.3) is 5.91 Å². The molecule has 0 aliphatic rings. The second kappa shape index (κ2) is 6.43. The van der Waals surface area contributed by atoms with Crippen LogP contribution in [-0.2, 0) is 19.6 Å². The Hall–Kier alpha value is -1.63. The van der Waals surface area contributed by atoms with E-state index in [0.29, 0.717) is 12.1 Å². The molecule has 0 aliphatic carbocycles. The zero-order valence-corrected chi connectivity index (χ0v) is 14.4. The molecule has 0 spiro atoms. The molecule has 114 valence electrons. The summed E-state index contributed by atoms with van der Waals surface area (Å²) < 4.78 is 4.61. The SMILES string of the molecule is CCn1nc(C)c(C(=O)NCc2c(Br)cnn2CC)c1C. The van der Waals surface area contributed by atoms with Gasteiger partial charge in [-0.3, -0.25) is 14.2 Å². The zero-order valence-electron chi connectivity index (χ0n) is 12.8. The molecule has 0 saturated heterocycles. The fourth-order valence-corrected chi connectivity index (χ4v) is 2.86. The highest BCUT2D eigenvalue weighted by Crippen LogP contribution is 2.17. The monoisotopic (exact) mass is 353 g/mol. The summed E-state index contributed by atoms with van der Waals surface area (Å²) in [6, 6.07) is 0. The Morgan fingerprint density at radius 2 is 1.95 bits per heavy atom. The summed E-state index contributed by atoms with van der Waals surface area (Å²) in [6.45, 7) is 9.77. The first-order chi connectivity index (χ1) is 9.99. The van der Waals surface area contributed by atoms with Crippen LogP contribution in [0.25, 0.3) is 0 Å². The van der Waals surface area contributed by atoms with Crippen LogP contribution in [0.1, 0.15) is 41.3 Å². The van der Waals surface area contributed by atoms with E-state index in [1.807, 2.05) is 37.1 Å². The summed E-state index contributed by atoms with van der Waals surface area (Å²) in [4.78, 5) is 12.4. The smallest absolute Gasteiger partial charge is 0.255 e. The lowest BCUT2D eigenvalue weighted by atomic mass is 10.2. The molecule has 1 amide bonds. The van der Waals surface area contributed by atoms with Crippen LogP contribution in [0.4, 0.5) is 0 Å². The number of nitrogens with one attached hydrogen (secondary N) is 1. The van der Waals surface area contributed by atoms with Crippen LogP contribution in [0, 0.1) is 13.8 Å². The lowest BCUT2D eigenvalue weighted by Gasteiger charge is -2.08. The molecule has 0 aliphatic heterocycles. The minimum atomic E-state index is -0.0968. The third-order valence-corrected chi connectivity index (χ3v) is 4.18. The number of nitrogens with zero attached hydrogens (tertiary/aromatic N) is 4. The molecule has 1 N–H and O–H groups in total. The summed E-state index contributed by atoms with van der Waals surface area (Å²) in [6.07, 6.45) is 1.75. The standard InChI is InChI=1S/C14H20BrN5O/c1-5-19-10(4)13(9(3)18-19)14(21)16-8-12-11(15)7-17-20(12)6-2/h7H,5-6,8H2,1-4H3,(H,16,21). The molecule has 0 saturated carbocycles. The van der Waals surface area contributed by atoms with Gasteiger partial charge in [-0.1, -0.05) is 0 Å². The average Bonchev–Trinajstić information content (AvgIpc) is 2.96. The highest BCUT2D eigenvalue weighted by atomic mass is 79.9. The van der Waals surface area contributed by atoms with Gasteiger partial charge in [0.15, 0.2) is 0 Å². The third-order valence-electron chi connectivity index (χ3n) is 3.52. The van der Waals surface area contributed by atoms with Crippen molar-refractivity contribution in [3.05, 3.63) is 33.3 Å². The number of carbonyl (C=O) groups excluding carboxylic acids is 1. The number of aryl methyl sites for hydroxylation is 3. The van der Waals surface area contributed by atoms with E-state index in [9.17, 15) is 4.79 Å². The Labute approximate surface area is 132 Å². The molecule has 0 radical (unpaired) electrons.